The summed E-state index contributed by atoms with van der Waals surface area (Å²) in [6, 6.07) is 4.07. The molecular weight excluding hydrogens is 307 g/mol. The number of halogens is 1. The Hall–Kier alpha value is -2.61. The fraction of sp³-hybridized carbons (Fsp3) is 0.143. The van der Waals surface area contributed by atoms with Crippen LogP contribution in [-0.2, 0) is 11.3 Å². The van der Waals surface area contributed by atoms with E-state index in [1.165, 1.54) is 40.8 Å². The number of esters is 1. The lowest BCUT2D eigenvalue weighted by molar-refractivity contribution is 0.0475. The van der Waals surface area contributed by atoms with Crippen molar-refractivity contribution in [1.29, 1.82) is 0 Å². The van der Waals surface area contributed by atoms with Gasteiger partial charge in [0.1, 0.15) is 30.8 Å². The number of hydrogen-bond acceptors (Lipinski definition) is 6. The van der Waals surface area contributed by atoms with Gasteiger partial charge in [0.05, 0.1) is 21.6 Å². The molecule has 0 unspecified atom stereocenters. The predicted octanol–water partition coefficient (Wildman–Crippen LogP) is 2.53. The Morgan fingerprint density at radius 2 is 2.32 bits per heavy atom. The van der Waals surface area contributed by atoms with Crippen LogP contribution in [0, 0.1) is 12.7 Å². The fourth-order valence-corrected chi connectivity index (χ4v) is 2.52. The Balaban J connectivity index is 1.73. The zero-order valence-electron chi connectivity index (χ0n) is 11.6. The van der Waals surface area contributed by atoms with Gasteiger partial charge in [-0.25, -0.2) is 23.8 Å². The van der Waals surface area contributed by atoms with Gasteiger partial charge in [-0.2, -0.15) is 5.10 Å². The van der Waals surface area contributed by atoms with Crippen molar-refractivity contribution in [3.63, 3.8) is 0 Å². The third-order valence-corrected chi connectivity index (χ3v) is 3.94. The molecule has 0 fully saturated rings. The number of ether oxygens (including phenoxy) is 1. The molecule has 0 aliphatic rings. The number of rotatable bonds is 4. The highest BCUT2D eigenvalue weighted by molar-refractivity contribution is 7.09. The Morgan fingerprint density at radius 1 is 1.45 bits per heavy atom. The smallest absolute Gasteiger partial charge is 0.338 e. The molecule has 0 aliphatic heterocycles. The van der Waals surface area contributed by atoms with E-state index in [2.05, 4.69) is 15.1 Å². The minimum Gasteiger partial charge on any atom is -0.456 e. The van der Waals surface area contributed by atoms with Gasteiger partial charge in [0.2, 0.25) is 0 Å². The molecule has 8 heteroatoms. The van der Waals surface area contributed by atoms with Gasteiger partial charge in [-0.15, -0.1) is 11.3 Å². The van der Waals surface area contributed by atoms with E-state index in [-0.39, 0.29) is 17.9 Å². The van der Waals surface area contributed by atoms with Crippen molar-refractivity contribution in [1.82, 2.24) is 19.7 Å². The van der Waals surface area contributed by atoms with Crippen LogP contribution in [0.4, 0.5) is 4.39 Å². The number of nitrogens with zero attached hydrogens (tertiary/aromatic N) is 4. The van der Waals surface area contributed by atoms with E-state index in [0.29, 0.717) is 0 Å². The van der Waals surface area contributed by atoms with Gasteiger partial charge in [-0.3, -0.25) is 0 Å². The zero-order valence-corrected chi connectivity index (χ0v) is 12.4. The van der Waals surface area contributed by atoms with Crippen LogP contribution in [0.5, 0.6) is 0 Å². The molecule has 0 radical (unpaired) electrons. The van der Waals surface area contributed by atoms with Crippen molar-refractivity contribution in [2.24, 2.45) is 0 Å². The van der Waals surface area contributed by atoms with Gasteiger partial charge < -0.3 is 4.74 Å². The van der Waals surface area contributed by atoms with Gasteiger partial charge in [0, 0.05) is 0 Å². The van der Waals surface area contributed by atoms with Crippen LogP contribution in [0.1, 0.15) is 20.9 Å². The first-order valence-electron chi connectivity index (χ1n) is 6.36. The largest absolute Gasteiger partial charge is 0.456 e. The maximum atomic E-state index is 14.0. The first-order chi connectivity index (χ1) is 10.6. The molecule has 0 spiro atoms. The molecule has 3 aromatic rings. The minimum atomic E-state index is -0.586. The van der Waals surface area contributed by atoms with Crippen molar-refractivity contribution in [2.75, 3.05) is 0 Å². The highest BCUT2D eigenvalue weighted by Gasteiger charge is 2.13. The Bertz CT molecular complexity index is 801. The molecule has 2 aromatic heterocycles. The van der Waals surface area contributed by atoms with Crippen LogP contribution >= 0.6 is 11.3 Å². The topological polar surface area (TPSA) is 69.9 Å². The average molecular weight is 318 g/mol. The number of carbonyl (C=O) groups is 1. The summed E-state index contributed by atoms with van der Waals surface area (Å²) < 4.78 is 20.5. The molecule has 0 aliphatic carbocycles. The molecule has 112 valence electrons. The van der Waals surface area contributed by atoms with Crippen LogP contribution in [0.15, 0.2) is 36.4 Å². The van der Waals surface area contributed by atoms with Gasteiger partial charge in [0.15, 0.2) is 0 Å². The van der Waals surface area contributed by atoms with E-state index >= 15 is 0 Å². The lowest BCUT2D eigenvalue weighted by Crippen LogP contribution is -2.07. The van der Waals surface area contributed by atoms with E-state index in [1.807, 2.05) is 6.92 Å². The molecular formula is C14H11FN4O2S. The van der Waals surface area contributed by atoms with E-state index in [1.54, 1.807) is 5.51 Å². The summed E-state index contributed by atoms with van der Waals surface area (Å²) in [7, 11) is 0. The molecule has 6 nitrogen and oxygen atoms in total. The molecule has 0 saturated heterocycles. The molecule has 0 amide bonds. The summed E-state index contributed by atoms with van der Waals surface area (Å²) in [6.45, 7) is 1.97. The molecule has 1 aromatic carbocycles. The average Bonchev–Trinajstić information content (AvgIpc) is 3.16. The Labute approximate surface area is 129 Å². The third kappa shape index (κ3) is 2.86. The Kier molecular flexibility index (Phi) is 3.92. The van der Waals surface area contributed by atoms with Crippen LogP contribution in [0.2, 0.25) is 0 Å². The normalized spacial score (nSPS) is 10.6. The van der Waals surface area contributed by atoms with Crippen molar-refractivity contribution in [3.8, 4) is 5.69 Å². The molecule has 2 heterocycles. The van der Waals surface area contributed by atoms with Gasteiger partial charge in [-0.05, 0) is 25.1 Å². The first kappa shape index (κ1) is 14.3. The summed E-state index contributed by atoms with van der Waals surface area (Å²) in [5.41, 5.74) is 2.87. The van der Waals surface area contributed by atoms with Gasteiger partial charge in [0.25, 0.3) is 0 Å². The third-order valence-electron chi connectivity index (χ3n) is 3.03. The quantitative estimate of drug-likeness (QED) is 0.691. The molecule has 22 heavy (non-hydrogen) atoms. The fourth-order valence-electron chi connectivity index (χ4n) is 1.83. The van der Waals surface area contributed by atoms with Crippen molar-refractivity contribution < 1.29 is 13.9 Å². The molecule has 0 N–H and O–H groups in total. The highest BCUT2D eigenvalue weighted by atomic mass is 32.1. The number of aryl methyl sites for hydroxylation is 1. The van der Waals surface area contributed by atoms with E-state index in [0.717, 1.165) is 16.6 Å². The number of thiazole rings is 1. The number of aromatic nitrogens is 4. The summed E-state index contributed by atoms with van der Waals surface area (Å²) in [5.74, 6) is -1.16. The summed E-state index contributed by atoms with van der Waals surface area (Å²) in [6.07, 6.45) is 2.68. The molecule has 0 bridgehead atoms. The number of benzene rings is 1. The van der Waals surface area contributed by atoms with Crippen LogP contribution in [0.3, 0.4) is 0 Å². The second-order valence-electron chi connectivity index (χ2n) is 4.44. The maximum absolute atomic E-state index is 14.0. The summed E-state index contributed by atoms with van der Waals surface area (Å²) >= 11 is 1.41. The maximum Gasteiger partial charge on any atom is 0.338 e. The SMILES string of the molecule is Cc1ncsc1COC(=O)c1ccc(-n2cncn2)c(F)c1. The summed E-state index contributed by atoms with van der Waals surface area (Å²) in [4.78, 5) is 20.7. The monoisotopic (exact) mass is 318 g/mol. The van der Waals surface area contributed by atoms with Crippen LogP contribution in [0.25, 0.3) is 5.69 Å². The second kappa shape index (κ2) is 6.02. The molecule has 0 atom stereocenters. The lowest BCUT2D eigenvalue weighted by Gasteiger charge is -2.06. The van der Waals surface area contributed by atoms with Crippen LogP contribution < -0.4 is 0 Å². The van der Waals surface area contributed by atoms with Crippen molar-refractivity contribution >= 4 is 17.3 Å². The lowest BCUT2D eigenvalue weighted by atomic mass is 10.2. The van der Waals surface area contributed by atoms with Gasteiger partial charge in [-0.1, -0.05) is 0 Å². The van der Waals surface area contributed by atoms with Crippen molar-refractivity contribution in [3.05, 3.63) is 58.3 Å². The van der Waals surface area contributed by atoms with Crippen molar-refractivity contribution in [2.45, 2.75) is 13.5 Å². The minimum absolute atomic E-state index is 0.127. The van der Waals surface area contributed by atoms with E-state index < -0.39 is 11.8 Å². The number of hydrogen-bond donors (Lipinski definition) is 0. The molecule has 0 saturated carbocycles. The van der Waals surface area contributed by atoms with Crippen LogP contribution in [-0.4, -0.2) is 25.7 Å². The molecule has 3 rings (SSSR count). The van der Waals surface area contributed by atoms with E-state index in [9.17, 15) is 9.18 Å². The zero-order chi connectivity index (χ0) is 15.5. The van der Waals surface area contributed by atoms with E-state index in [4.69, 9.17) is 4.74 Å². The summed E-state index contributed by atoms with van der Waals surface area (Å²) in [5, 5.41) is 3.85. The number of carbonyl (C=O) groups excluding carboxylic acids is 1. The second-order valence-corrected chi connectivity index (χ2v) is 5.38. The predicted molar refractivity (Wildman–Crippen MR) is 77.3 cm³/mol. The van der Waals surface area contributed by atoms with Gasteiger partial charge >= 0.3 is 5.97 Å². The first-order valence-corrected chi connectivity index (χ1v) is 7.24. The Morgan fingerprint density at radius 3 is 2.95 bits per heavy atom. The standard InChI is InChI=1S/C14H11FN4O2S/c1-9-13(22-8-17-9)5-21-14(20)10-2-3-12(11(15)4-10)19-7-16-6-18-19/h2-4,6-8H,5H2,1H3. The highest BCUT2D eigenvalue weighted by Crippen LogP contribution is 2.17.